The van der Waals surface area contributed by atoms with E-state index < -0.39 is 10.8 Å². The predicted molar refractivity (Wildman–Crippen MR) is 76.1 cm³/mol. The molecule has 0 radical (unpaired) electrons. The van der Waals surface area contributed by atoms with Gasteiger partial charge in [0.05, 0.1) is 4.92 Å². The number of carbonyl (C=O) groups is 1. The van der Waals surface area contributed by atoms with Gasteiger partial charge in [-0.05, 0) is 36.8 Å². The average Bonchev–Trinajstić information content (AvgIpc) is 2.38. The fourth-order valence-electron chi connectivity index (χ4n) is 1.82. The first-order valence-electron chi connectivity index (χ1n) is 5.89. The highest BCUT2D eigenvalue weighted by atomic mass is 16.6. The number of primary amides is 1. The number of hydrogen-bond acceptors (Lipinski definition) is 4. The van der Waals surface area contributed by atoms with Gasteiger partial charge >= 0.3 is 0 Å². The van der Waals surface area contributed by atoms with Crippen LogP contribution in [0.1, 0.15) is 15.9 Å². The highest BCUT2D eigenvalue weighted by Crippen LogP contribution is 2.28. The number of nitro benzene ring substituents is 1. The van der Waals surface area contributed by atoms with Gasteiger partial charge in [0, 0.05) is 17.3 Å². The lowest BCUT2D eigenvalue weighted by Gasteiger charge is -2.08. The number of hydrogen-bond donors (Lipinski definition) is 2. The molecule has 0 saturated carbocycles. The van der Waals surface area contributed by atoms with Crippen LogP contribution in [0.4, 0.5) is 17.1 Å². The third kappa shape index (κ3) is 2.92. The molecular formula is C14H13N3O3. The van der Waals surface area contributed by atoms with Gasteiger partial charge in [-0.1, -0.05) is 12.1 Å². The fourth-order valence-corrected chi connectivity index (χ4v) is 1.82. The normalized spacial score (nSPS) is 10.1. The molecule has 6 heteroatoms. The molecule has 0 heterocycles. The number of benzene rings is 2. The third-order valence-electron chi connectivity index (χ3n) is 2.78. The van der Waals surface area contributed by atoms with Crippen LogP contribution in [0.15, 0.2) is 42.5 Å². The van der Waals surface area contributed by atoms with Crippen molar-refractivity contribution in [3.8, 4) is 0 Å². The van der Waals surface area contributed by atoms with E-state index in [1.54, 1.807) is 6.07 Å². The van der Waals surface area contributed by atoms with E-state index in [1.165, 1.54) is 18.2 Å². The van der Waals surface area contributed by atoms with E-state index in [2.05, 4.69) is 5.32 Å². The van der Waals surface area contributed by atoms with Crippen LogP contribution in [0.25, 0.3) is 0 Å². The van der Waals surface area contributed by atoms with Crippen molar-refractivity contribution in [2.45, 2.75) is 6.92 Å². The lowest BCUT2D eigenvalue weighted by Crippen LogP contribution is -2.11. The molecule has 3 N–H and O–H groups in total. The molecule has 102 valence electrons. The van der Waals surface area contributed by atoms with Gasteiger partial charge in [-0.15, -0.1) is 0 Å². The lowest BCUT2D eigenvalue weighted by atomic mass is 10.1. The molecule has 0 aromatic heterocycles. The first-order valence-corrected chi connectivity index (χ1v) is 5.89. The van der Waals surface area contributed by atoms with E-state index in [0.717, 1.165) is 11.3 Å². The summed E-state index contributed by atoms with van der Waals surface area (Å²) >= 11 is 0. The van der Waals surface area contributed by atoms with Crippen molar-refractivity contribution < 1.29 is 9.72 Å². The molecule has 0 aliphatic carbocycles. The number of aryl methyl sites for hydroxylation is 1. The van der Waals surface area contributed by atoms with Gasteiger partial charge in [0.2, 0.25) is 5.91 Å². The molecule has 0 aliphatic rings. The van der Waals surface area contributed by atoms with Gasteiger partial charge in [-0.2, -0.15) is 0 Å². The standard InChI is InChI=1S/C14H13N3O3/c1-9-3-2-4-11(7-9)16-12-6-5-10(14(15)18)8-13(12)17(19)20/h2-8,16H,1H3,(H2,15,18). The van der Waals surface area contributed by atoms with E-state index in [0.29, 0.717) is 5.69 Å². The SMILES string of the molecule is Cc1cccc(Nc2ccc(C(N)=O)cc2[N+](=O)[O-])c1. The molecule has 2 aromatic carbocycles. The van der Waals surface area contributed by atoms with Crippen LogP contribution in [0.2, 0.25) is 0 Å². The number of amides is 1. The Kier molecular flexibility index (Phi) is 3.65. The maximum absolute atomic E-state index is 11.1. The second-order valence-corrected chi connectivity index (χ2v) is 4.35. The van der Waals surface area contributed by atoms with Crippen molar-refractivity contribution >= 4 is 23.0 Å². The summed E-state index contributed by atoms with van der Waals surface area (Å²) in [5.74, 6) is -0.699. The number of nitrogens with zero attached hydrogens (tertiary/aromatic N) is 1. The van der Waals surface area contributed by atoms with Crippen LogP contribution in [-0.4, -0.2) is 10.8 Å². The van der Waals surface area contributed by atoms with E-state index in [9.17, 15) is 14.9 Å². The molecule has 0 spiro atoms. The van der Waals surface area contributed by atoms with E-state index in [1.807, 2.05) is 25.1 Å². The Morgan fingerprint density at radius 3 is 2.60 bits per heavy atom. The first-order chi connectivity index (χ1) is 9.47. The van der Waals surface area contributed by atoms with E-state index in [-0.39, 0.29) is 11.3 Å². The zero-order valence-electron chi connectivity index (χ0n) is 10.8. The van der Waals surface area contributed by atoms with Gasteiger partial charge in [0.1, 0.15) is 5.69 Å². The average molecular weight is 271 g/mol. The van der Waals surface area contributed by atoms with Crippen LogP contribution in [0.5, 0.6) is 0 Å². The monoisotopic (exact) mass is 271 g/mol. The second-order valence-electron chi connectivity index (χ2n) is 4.35. The zero-order valence-corrected chi connectivity index (χ0v) is 10.8. The fraction of sp³-hybridized carbons (Fsp3) is 0.0714. The Labute approximate surface area is 115 Å². The number of carbonyl (C=O) groups excluding carboxylic acids is 1. The van der Waals surface area contributed by atoms with Crippen LogP contribution in [-0.2, 0) is 0 Å². The Bertz CT molecular complexity index is 683. The molecule has 20 heavy (non-hydrogen) atoms. The zero-order chi connectivity index (χ0) is 14.7. The van der Waals surface area contributed by atoms with Gasteiger partial charge in [0.25, 0.3) is 5.69 Å². The molecule has 0 aliphatic heterocycles. The van der Waals surface area contributed by atoms with Crippen LogP contribution in [0.3, 0.4) is 0 Å². The highest BCUT2D eigenvalue weighted by Gasteiger charge is 2.16. The lowest BCUT2D eigenvalue weighted by molar-refractivity contribution is -0.383. The van der Waals surface area contributed by atoms with E-state index in [4.69, 9.17) is 5.73 Å². The minimum absolute atomic E-state index is 0.103. The number of anilines is 2. The Hall–Kier alpha value is -2.89. The van der Waals surface area contributed by atoms with Gasteiger partial charge in [-0.3, -0.25) is 14.9 Å². The van der Waals surface area contributed by atoms with Crippen LogP contribution >= 0.6 is 0 Å². The summed E-state index contributed by atoms with van der Waals surface area (Å²) in [6.45, 7) is 1.93. The number of rotatable bonds is 4. The molecule has 0 bridgehead atoms. The molecular weight excluding hydrogens is 258 g/mol. The van der Waals surface area contributed by atoms with Crippen molar-refractivity contribution in [2.24, 2.45) is 5.73 Å². The summed E-state index contributed by atoms with van der Waals surface area (Å²) in [6.07, 6.45) is 0. The van der Waals surface area contributed by atoms with Gasteiger partial charge in [-0.25, -0.2) is 0 Å². The maximum atomic E-state index is 11.1. The summed E-state index contributed by atoms with van der Waals surface area (Å²) in [5, 5.41) is 14.0. The summed E-state index contributed by atoms with van der Waals surface area (Å²) in [7, 11) is 0. The number of nitro groups is 1. The van der Waals surface area contributed by atoms with Crippen molar-refractivity contribution in [1.29, 1.82) is 0 Å². The van der Waals surface area contributed by atoms with Crippen LogP contribution in [0, 0.1) is 17.0 Å². The van der Waals surface area contributed by atoms with Crippen LogP contribution < -0.4 is 11.1 Å². The second kappa shape index (κ2) is 5.40. The van der Waals surface area contributed by atoms with Crippen molar-refractivity contribution in [2.75, 3.05) is 5.32 Å². The molecule has 2 aromatic rings. The Balaban J connectivity index is 2.41. The molecule has 0 fully saturated rings. The molecule has 0 unspecified atom stereocenters. The quantitative estimate of drug-likeness (QED) is 0.659. The molecule has 1 amide bonds. The first kappa shape index (κ1) is 13.5. The third-order valence-corrected chi connectivity index (χ3v) is 2.78. The smallest absolute Gasteiger partial charge is 0.293 e. The molecule has 6 nitrogen and oxygen atoms in total. The number of nitrogens with one attached hydrogen (secondary N) is 1. The molecule has 2 rings (SSSR count). The topological polar surface area (TPSA) is 98.3 Å². The maximum Gasteiger partial charge on any atom is 0.293 e. The molecule has 0 atom stereocenters. The Morgan fingerprint density at radius 1 is 1.25 bits per heavy atom. The van der Waals surface area contributed by atoms with E-state index >= 15 is 0 Å². The highest BCUT2D eigenvalue weighted by molar-refractivity contribution is 5.94. The van der Waals surface area contributed by atoms with Gasteiger partial charge < -0.3 is 11.1 Å². The largest absolute Gasteiger partial charge is 0.366 e. The van der Waals surface area contributed by atoms with Crippen molar-refractivity contribution in [3.63, 3.8) is 0 Å². The number of nitrogens with two attached hydrogens (primary N) is 1. The van der Waals surface area contributed by atoms with Gasteiger partial charge in [0.15, 0.2) is 0 Å². The van der Waals surface area contributed by atoms with Crippen molar-refractivity contribution in [3.05, 3.63) is 63.7 Å². The summed E-state index contributed by atoms with van der Waals surface area (Å²) in [5.41, 5.74) is 7.12. The van der Waals surface area contributed by atoms with Crippen molar-refractivity contribution in [1.82, 2.24) is 0 Å². The summed E-state index contributed by atoms with van der Waals surface area (Å²) in [6, 6.07) is 11.5. The molecule has 0 saturated heterocycles. The minimum Gasteiger partial charge on any atom is -0.366 e. The summed E-state index contributed by atoms with van der Waals surface area (Å²) < 4.78 is 0. The Morgan fingerprint density at radius 2 is 2.00 bits per heavy atom. The minimum atomic E-state index is -0.699. The predicted octanol–water partition coefficient (Wildman–Crippen LogP) is 2.75. The summed E-state index contributed by atoms with van der Waals surface area (Å²) in [4.78, 5) is 21.6.